The number of halogens is 1. The molecule has 1 amide bonds. The van der Waals surface area contributed by atoms with Crippen LogP contribution in [-0.4, -0.2) is 21.2 Å². The molecule has 2 aromatic carbocycles. The molecule has 1 aliphatic carbocycles. The number of nitrogens with zero attached hydrogens (tertiary/aromatic N) is 1. The van der Waals surface area contributed by atoms with Crippen molar-refractivity contribution in [2.75, 3.05) is 5.32 Å². The molecule has 0 unspecified atom stereocenters. The lowest BCUT2D eigenvalue weighted by Crippen LogP contribution is -2.39. The van der Waals surface area contributed by atoms with E-state index in [1.807, 2.05) is 19.1 Å². The van der Waals surface area contributed by atoms with E-state index in [1.54, 1.807) is 41.1 Å². The number of amides is 1. The van der Waals surface area contributed by atoms with Gasteiger partial charge < -0.3 is 15.0 Å². The first-order chi connectivity index (χ1) is 14.4. The van der Waals surface area contributed by atoms with Crippen LogP contribution < -0.4 is 10.9 Å². The van der Waals surface area contributed by atoms with Crippen molar-refractivity contribution in [1.82, 2.24) is 4.57 Å². The Labute approximate surface area is 180 Å². The van der Waals surface area contributed by atoms with Crippen LogP contribution in [0.15, 0.2) is 53.5 Å². The highest BCUT2D eigenvalue weighted by Crippen LogP contribution is 2.30. The van der Waals surface area contributed by atoms with E-state index in [9.17, 15) is 14.7 Å². The van der Waals surface area contributed by atoms with Crippen LogP contribution in [0.25, 0.3) is 10.8 Å². The minimum absolute atomic E-state index is 0.170. The molecule has 1 saturated carbocycles. The lowest BCUT2D eigenvalue weighted by atomic mass is 9.85. The van der Waals surface area contributed by atoms with E-state index in [4.69, 9.17) is 11.6 Å². The first-order valence-corrected chi connectivity index (χ1v) is 10.7. The van der Waals surface area contributed by atoms with Crippen molar-refractivity contribution in [2.45, 2.75) is 51.2 Å². The van der Waals surface area contributed by atoms with Gasteiger partial charge in [0.05, 0.1) is 22.7 Å². The molecule has 3 aromatic rings. The van der Waals surface area contributed by atoms with Gasteiger partial charge in [0, 0.05) is 22.7 Å². The second-order valence-electron chi connectivity index (χ2n) is 8.24. The zero-order valence-corrected chi connectivity index (χ0v) is 17.7. The summed E-state index contributed by atoms with van der Waals surface area (Å²) >= 11 is 6.19. The summed E-state index contributed by atoms with van der Waals surface area (Å²) < 4.78 is 1.58. The lowest BCUT2D eigenvalue weighted by molar-refractivity contribution is -0.0121. The summed E-state index contributed by atoms with van der Waals surface area (Å²) in [7, 11) is 0. The van der Waals surface area contributed by atoms with E-state index in [0.29, 0.717) is 39.9 Å². The molecular formula is C24H25ClN2O3. The van der Waals surface area contributed by atoms with Crippen LogP contribution in [0, 0.1) is 6.92 Å². The van der Waals surface area contributed by atoms with Gasteiger partial charge in [-0.3, -0.25) is 9.59 Å². The van der Waals surface area contributed by atoms with Gasteiger partial charge in [0.2, 0.25) is 0 Å². The van der Waals surface area contributed by atoms with Gasteiger partial charge in [-0.15, -0.1) is 0 Å². The molecule has 6 heteroatoms. The molecular weight excluding hydrogens is 400 g/mol. The predicted octanol–water partition coefficient (Wildman–Crippen LogP) is 4.91. The van der Waals surface area contributed by atoms with Crippen LogP contribution >= 0.6 is 11.6 Å². The van der Waals surface area contributed by atoms with Gasteiger partial charge in [0.1, 0.15) is 0 Å². The Kier molecular flexibility index (Phi) is 5.67. The molecule has 0 radical (unpaired) electrons. The van der Waals surface area contributed by atoms with Crippen LogP contribution in [0.1, 0.15) is 48.0 Å². The van der Waals surface area contributed by atoms with Crippen LogP contribution in [0.4, 0.5) is 5.69 Å². The summed E-state index contributed by atoms with van der Waals surface area (Å²) in [5.74, 6) is -0.322. The number of hydrogen-bond acceptors (Lipinski definition) is 3. The van der Waals surface area contributed by atoms with E-state index in [1.165, 1.54) is 0 Å². The summed E-state index contributed by atoms with van der Waals surface area (Å²) in [5.41, 5.74) is 0.878. The van der Waals surface area contributed by atoms with E-state index >= 15 is 0 Å². The van der Waals surface area contributed by atoms with Gasteiger partial charge >= 0.3 is 0 Å². The monoisotopic (exact) mass is 424 g/mol. The van der Waals surface area contributed by atoms with Gasteiger partial charge in [-0.25, -0.2) is 0 Å². The summed E-state index contributed by atoms with van der Waals surface area (Å²) in [6.45, 7) is 2.19. The van der Waals surface area contributed by atoms with Gasteiger partial charge in [-0.2, -0.15) is 0 Å². The Morgan fingerprint density at radius 2 is 1.90 bits per heavy atom. The van der Waals surface area contributed by atoms with E-state index in [-0.39, 0.29) is 18.0 Å². The largest absolute Gasteiger partial charge is 0.388 e. The fourth-order valence-electron chi connectivity index (χ4n) is 4.24. The van der Waals surface area contributed by atoms with Crippen molar-refractivity contribution >= 4 is 34.0 Å². The van der Waals surface area contributed by atoms with Crippen LogP contribution in [0.5, 0.6) is 0 Å². The number of aromatic nitrogens is 1. The average molecular weight is 425 g/mol. The normalized spacial score (nSPS) is 15.8. The molecule has 156 valence electrons. The quantitative estimate of drug-likeness (QED) is 0.625. The zero-order valence-electron chi connectivity index (χ0n) is 17.0. The number of anilines is 1. The first kappa shape index (κ1) is 20.6. The van der Waals surface area contributed by atoms with Crippen LogP contribution in [-0.2, 0) is 6.54 Å². The van der Waals surface area contributed by atoms with Gasteiger partial charge in [-0.05, 0) is 50.1 Å². The SMILES string of the molecule is Cc1ccc(Cl)c(C(=O)Nc2cccc3c(=O)n(CC4(O)CCCCC4)ccc23)c1. The van der Waals surface area contributed by atoms with Crippen molar-refractivity contribution in [3.63, 3.8) is 0 Å². The maximum atomic E-state index is 13.1. The molecule has 0 saturated heterocycles. The summed E-state index contributed by atoms with van der Waals surface area (Å²) in [6.07, 6.45) is 6.22. The molecule has 4 rings (SSSR count). The molecule has 5 nitrogen and oxygen atoms in total. The predicted molar refractivity (Wildman–Crippen MR) is 120 cm³/mol. The molecule has 1 aliphatic rings. The number of pyridine rings is 1. The summed E-state index contributed by atoms with van der Waals surface area (Å²) in [6, 6.07) is 12.4. The number of nitrogens with one attached hydrogen (secondary N) is 1. The van der Waals surface area contributed by atoms with Crippen LogP contribution in [0.3, 0.4) is 0 Å². The van der Waals surface area contributed by atoms with Crippen molar-refractivity contribution in [1.29, 1.82) is 0 Å². The van der Waals surface area contributed by atoms with Crippen molar-refractivity contribution < 1.29 is 9.90 Å². The minimum Gasteiger partial charge on any atom is -0.388 e. The smallest absolute Gasteiger partial charge is 0.258 e. The highest BCUT2D eigenvalue weighted by molar-refractivity contribution is 6.34. The third-order valence-corrected chi connectivity index (χ3v) is 6.21. The van der Waals surface area contributed by atoms with E-state index in [2.05, 4.69) is 5.32 Å². The fourth-order valence-corrected chi connectivity index (χ4v) is 4.44. The summed E-state index contributed by atoms with van der Waals surface area (Å²) in [4.78, 5) is 25.8. The molecule has 0 atom stereocenters. The number of aliphatic hydroxyl groups is 1. The van der Waals surface area contributed by atoms with Gasteiger partial charge in [0.15, 0.2) is 0 Å². The first-order valence-electron chi connectivity index (χ1n) is 10.3. The molecule has 0 spiro atoms. The number of carbonyl (C=O) groups excluding carboxylic acids is 1. The van der Waals surface area contributed by atoms with Crippen LogP contribution in [0.2, 0.25) is 5.02 Å². The van der Waals surface area contributed by atoms with Crippen molar-refractivity contribution in [2.24, 2.45) is 0 Å². The van der Waals surface area contributed by atoms with Gasteiger partial charge in [0.25, 0.3) is 11.5 Å². The number of rotatable bonds is 4. The molecule has 0 aliphatic heterocycles. The highest BCUT2D eigenvalue weighted by Gasteiger charge is 2.30. The Bertz CT molecular complexity index is 1160. The number of carbonyl (C=O) groups is 1. The zero-order chi connectivity index (χ0) is 21.3. The van der Waals surface area contributed by atoms with Crippen molar-refractivity contribution in [3.05, 3.63) is 75.2 Å². The number of fused-ring (bicyclic) bond motifs is 1. The second-order valence-corrected chi connectivity index (χ2v) is 8.65. The number of benzene rings is 2. The third-order valence-electron chi connectivity index (χ3n) is 5.88. The molecule has 1 fully saturated rings. The number of hydrogen-bond donors (Lipinski definition) is 2. The highest BCUT2D eigenvalue weighted by atomic mass is 35.5. The molecule has 1 heterocycles. The van der Waals surface area contributed by atoms with E-state index in [0.717, 1.165) is 24.8 Å². The second kappa shape index (κ2) is 8.25. The maximum Gasteiger partial charge on any atom is 0.258 e. The molecule has 1 aromatic heterocycles. The average Bonchev–Trinajstić information content (AvgIpc) is 2.72. The Hall–Kier alpha value is -2.63. The van der Waals surface area contributed by atoms with Gasteiger partial charge in [-0.1, -0.05) is 48.6 Å². The maximum absolute atomic E-state index is 13.1. The van der Waals surface area contributed by atoms with E-state index < -0.39 is 5.60 Å². The Morgan fingerprint density at radius 3 is 2.67 bits per heavy atom. The molecule has 2 N–H and O–H groups in total. The summed E-state index contributed by atoms with van der Waals surface area (Å²) in [5, 5.41) is 15.3. The Balaban J connectivity index is 1.66. The molecule has 30 heavy (non-hydrogen) atoms. The fraction of sp³-hybridized carbons (Fsp3) is 0.333. The lowest BCUT2D eigenvalue weighted by Gasteiger charge is -2.32. The molecule has 0 bridgehead atoms. The van der Waals surface area contributed by atoms with Crippen molar-refractivity contribution in [3.8, 4) is 0 Å². The Morgan fingerprint density at radius 1 is 1.13 bits per heavy atom. The third kappa shape index (κ3) is 4.13. The number of aryl methyl sites for hydroxylation is 1. The standard InChI is InChI=1S/C24H25ClN2O3/c1-16-8-9-20(25)19(14-16)22(28)26-21-7-5-6-18-17(21)10-13-27(23(18)29)15-24(30)11-3-2-4-12-24/h5-10,13-14,30H,2-4,11-12,15H2,1H3,(H,26,28). The topological polar surface area (TPSA) is 71.3 Å². The minimum atomic E-state index is -0.830.